The number of rotatable bonds is 5. The topological polar surface area (TPSA) is 98.7 Å². The molecular weight excluding hydrogens is 472 g/mol. The predicted molar refractivity (Wildman–Crippen MR) is 123 cm³/mol. The summed E-state index contributed by atoms with van der Waals surface area (Å²) in [6, 6.07) is 15.5. The molecule has 0 spiro atoms. The number of phenolic OH excluding ortho intramolecular Hbond substituents is 1. The maximum absolute atomic E-state index is 14.1. The Hall–Kier alpha value is -3.88. The summed E-state index contributed by atoms with van der Waals surface area (Å²) in [4.78, 5) is 38.3. The van der Waals surface area contributed by atoms with Crippen molar-refractivity contribution in [2.75, 3.05) is 15.5 Å². The van der Waals surface area contributed by atoms with Crippen LogP contribution in [0.4, 0.5) is 21.5 Å². The van der Waals surface area contributed by atoms with Gasteiger partial charge in [-0.15, -0.1) is 0 Å². The number of phenols is 1. The van der Waals surface area contributed by atoms with Crippen molar-refractivity contribution in [1.82, 2.24) is 0 Å². The Morgan fingerprint density at radius 3 is 2.33 bits per heavy atom. The molecule has 166 valence electrons. The van der Waals surface area contributed by atoms with Crippen molar-refractivity contribution in [3.05, 3.63) is 93.9 Å². The molecule has 0 fully saturated rings. The van der Waals surface area contributed by atoms with Crippen molar-refractivity contribution < 1.29 is 23.9 Å². The number of carbonyl (C=O) groups excluding carboxylic acids is 3. The zero-order valence-electron chi connectivity index (χ0n) is 16.6. The van der Waals surface area contributed by atoms with E-state index in [-0.39, 0.29) is 33.4 Å². The fourth-order valence-electron chi connectivity index (χ4n) is 3.12. The SMILES string of the molecule is O=C(Nc1cc(Cl)ccc1O)c1ccc(NC2=C(Cl)C(=O)N(c3ccccc3F)C2=O)cc1. The van der Waals surface area contributed by atoms with Gasteiger partial charge in [0.25, 0.3) is 17.7 Å². The van der Waals surface area contributed by atoms with Gasteiger partial charge in [0.1, 0.15) is 22.3 Å². The first-order valence-electron chi connectivity index (χ1n) is 9.46. The van der Waals surface area contributed by atoms with E-state index in [1.165, 1.54) is 60.7 Å². The molecule has 7 nitrogen and oxygen atoms in total. The molecule has 4 rings (SSSR count). The van der Waals surface area contributed by atoms with Gasteiger partial charge < -0.3 is 15.7 Å². The summed E-state index contributed by atoms with van der Waals surface area (Å²) in [7, 11) is 0. The Kier molecular flexibility index (Phi) is 6.04. The second-order valence-corrected chi connectivity index (χ2v) is 7.72. The summed E-state index contributed by atoms with van der Waals surface area (Å²) in [5, 5.41) is 15.1. The van der Waals surface area contributed by atoms with Gasteiger partial charge in [0.05, 0.1) is 11.4 Å². The number of hydrogen-bond acceptors (Lipinski definition) is 5. The maximum atomic E-state index is 14.1. The van der Waals surface area contributed by atoms with Gasteiger partial charge in [0.2, 0.25) is 0 Å². The lowest BCUT2D eigenvalue weighted by atomic mass is 10.1. The molecule has 1 aliphatic heterocycles. The van der Waals surface area contributed by atoms with Gasteiger partial charge in [-0.05, 0) is 54.6 Å². The lowest BCUT2D eigenvalue weighted by Crippen LogP contribution is -2.33. The Bertz CT molecular complexity index is 1330. The molecule has 3 aromatic rings. The number of anilines is 3. The summed E-state index contributed by atoms with van der Waals surface area (Å²) < 4.78 is 14.1. The first-order valence-corrected chi connectivity index (χ1v) is 10.2. The van der Waals surface area contributed by atoms with Crippen LogP contribution in [0, 0.1) is 5.82 Å². The summed E-state index contributed by atoms with van der Waals surface area (Å²) in [6.07, 6.45) is 0. The fourth-order valence-corrected chi connectivity index (χ4v) is 3.50. The van der Waals surface area contributed by atoms with Crippen molar-refractivity contribution in [3.63, 3.8) is 0 Å². The van der Waals surface area contributed by atoms with Gasteiger partial charge in [0.15, 0.2) is 0 Å². The third kappa shape index (κ3) is 4.39. The molecule has 3 amide bonds. The molecule has 10 heteroatoms. The molecule has 3 N–H and O–H groups in total. The Balaban J connectivity index is 1.50. The van der Waals surface area contributed by atoms with E-state index in [4.69, 9.17) is 23.2 Å². The van der Waals surface area contributed by atoms with E-state index in [1.807, 2.05) is 0 Å². The fraction of sp³-hybridized carbons (Fsp3) is 0. The minimum Gasteiger partial charge on any atom is -0.506 e. The maximum Gasteiger partial charge on any atom is 0.283 e. The molecule has 0 aromatic heterocycles. The normalized spacial score (nSPS) is 13.5. The summed E-state index contributed by atoms with van der Waals surface area (Å²) >= 11 is 11.9. The molecule has 0 saturated heterocycles. The summed E-state index contributed by atoms with van der Waals surface area (Å²) in [5.41, 5.74) is 0.336. The van der Waals surface area contributed by atoms with Crippen molar-refractivity contribution in [3.8, 4) is 5.75 Å². The molecule has 0 saturated carbocycles. The first-order chi connectivity index (χ1) is 15.8. The second kappa shape index (κ2) is 8.93. The average molecular weight is 486 g/mol. The summed E-state index contributed by atoms with van der Waals surface area (Å²) in [5.74, 6) is -3.06. The zero-order chi connectivity index (χ0) is 23.7. The van der Waals surface area contributed by atoms with Crippen molar-refractivity contribution in [2.45, 2.75) is 0 Å². The highest BCUT2D eigenvalue weighted by molar-refractivity contribution is 6.53. The van der Waals surface area contributed by atoms with E-state index in [9.17, 15) is 23.9 Å². The minimum atomic E-state index is -0.855. The summed E-state index contributed by atoms with van der Waals surface area (Å²) in [6.45, 7) is 0. The number of carbonyl (C=O) groups is 3. The van der Waals surface area contributed by atoms with E-state index >= 15 is 0 Å². The molecule has 3 aromatic carbocycles. The van der Waals surface area contributed by atoms with Crippen LogP contribution in [0.3, 0.4) is 0 Å². The smallest absolute Gasteiger partial charge is 0.283 e. The van der Waals surface area contributed by atoms with Crippen molar-refractivity contribution >= 4 is 58.0 Å². The number of aromatic hydroxyl groups is 1. The second-order valence-electron chi connectivity index (χ2n) is 6.90. The molecule has 0 atom stereocenters. The Labute approximate surface area is 197 Å². The van der Waals surface area contributed by atoms with Gasteiger partial charge in [-0.2, -0.15) is 0 Å². The number of halogens is 3. The van der Waals surface area contributed by atoms with Crippen LogP contribution in [0.5, 0.6) is 5.75 Å². The standard InChI is InChI=1S/C23H14Cl2FN3O4/c24-13-7-10-18(30)16(11-13)28-21(31)12-5-8-14(9-6-12)27-20-19(25)22(32)29(23(20)33)17-4-2-1-3-15(17)26/h1-11,27,30H,(H,28,31). The lowest BCUT2D eigenvalue weighted by Gasteiger charge is -2.15. The van der Waals surface area contributed by atoms with E-state index < -0.39 is 23.5 Å². The first kappa shape index (κ1) is 22.3. The number of hydrogen-bond donors (Lipinski definition) is 3. The third-order valence-electron chi connectivity index (χ3n) is 4.74. The van der Waals surface area contributed by atoms with E-state index in [0.29, 0.717) is 15.6 Å². The van der Waals surface area contributed by atoms with Gasteiger partial charge in [-0.3, -0.25) is 14.4 Å². The highest BCUT2D eigenvalue weighted by Crippen LogP contribution is 2.32. The van der Waals surface area contributed by atoms with Crippen LogP contribution in [-0.4, -0.2) is 22.8 Å². The predicted octanol–water partition coefficient (Wildman–Crippen LogP) is 4.87. The molecule has 33 heavy (non-hydrogen) atoms. The number of nitrogens with one attached hydrogen (secondary N) is 2. The third-order valence-corrected chi connectivity index (χ3v) is 5.33. The quantitative estimate of drug-likeness (QED) is 0.353. The minimum absolute atomic E-state index is 0.142. The number of amides is 3. The van der Waals surface area contributed by atoms with Crippen LogP contribution in [0.25, 0.3) is 0 Å². The number of benzene rings is 3. The molecule has 0 bridgehead atoms. The van der Waals surface area contributed by atoms with Crippen LogP contribution in [0.1, 0.15) is 10.4 Å². The van der Waals surface area contributed by atoms with E-state index in [2.05, 4.69) is 10.6 Å². The van der Waals surface area contributed by atoms with Crippen LogP contribution in [0.2, 0.25) is 5.02 Å². The molecular formula is C23H14Cl2FN3O4. The van der Waals surface area contributed by atoms with Crippen LogP contribution in [-0.2, 0) is 9.59 Å². The van der Waals surface area contributed by atoms with Gasteiger partial charge in [0, 0.05) is 16.3 Å². The van der Waals surface area contributed by atoms with Crippen LogP contribution >= 0.6 is 23.2 Å². The highest BCUT2D eigenvalue weighted by Gasteiger charge is 2.40. The molecule has 0 radical (unpaired) electrons. The molecule has 1 heterocycles. The number of nitrogens with zero attached hydrogens (tertiary/aromatic N) is 1. The van der Waals surface area contributed by atoms with Crippen molar-refractivity contribution in [2.24, 2.45) is 0 Å². The van der Waals surface area contributed by atoms with E-state index in [1.54, 1.807) is 0 Å². The van der Waals surface area contributed by atoms with Gasteiger partial charge >= 0.3 is 0 Å². The zero-order valence-corrected chi connectivity index (χ0v) is 18.1. The number of para-hydroxylation sites is 1. The molecule has 1 aliphatic rings. The van der Waals surface area contributed by atoms with Gasteiger partial charge in [-0.1, -0.05) is 35.3 Å². The molecule has 0 unspecified atom stereocenters. The van der Waals surface area contributed by atoms with Gasteiger partial charge in [-0.25, -0.2) is 9.29 Å². The largest absolute Gasteiger partial charge is 0.506 e. The Morgan fingerprint density at radius 1 is 0.939 bits per heavy atom. The average Bonchev–Trinajstić information content (AvgIpc) is 3.00. The van der Waals surface area contributed by atoms with Crippen LogP contribution in [0.15, 0.2) is 77.5 Å². The van der Waals surface area contributed by atoms with Crippen molar-refractivity contribution in [1.29, 1.82) is 0 Å². The van der Waals surface area contributed by atoms with Crippen LogP contribution < -0.4 is 15.5 Å². The number of imide groups is 1. The lowest BCUT2D eigenvalue weighted by molar-refractivity contribution is -0.120. The highest BCUT2D eigenvalue weighted by atomic mass is 35.5. The Morgan fingerprint density at radius 2 is 1.64 bits per heavy atom. The van der Waals surface area contributed by atoms with E-state index in [0.717, 1.165) is 6.07 Å². The monoisotopic (exact) mass is 485 g/mol. The molecule has 0 aliphatic carbocycles.